The van der Waals surface area contributed by atoms with E-state index in [0.29, 0.717) is 0 Å². The van der Waals surface area contributed by atoms with Crippen LogP contribution in [0.1, 0.15) is 56.9 Å². The van der Waals surface area contributed by atoms with Crippen LogP contribution in [0.3, 0.4) is 0 Å². The fourth-order valence-electron chi connectivity index (χ4n) is 1.61. The van der Waals surface area contributed by atoms with Gasteiger partial charge in [0.05, 0.1) is 11.5 Å². The molecule has 0 saturated carbocycles. The summed E-state index contributed by atoms with van der Waals surface area (Å²) in [5.74, 6) is -0.880. The second kappa shape index (κ2) is 5.02. The van der Waals surface area contributed by atoms with Crippen LogP contribution in [-0.2, 0) is 10.2 Å². The third kappa shape index (κ3) is 3.56. The van der Waals surface area contributed by atoms with Gasteiger partial charge in [0.25, 0.3) is 0 Å². The molecule has 0 aliphatic rings. The van der Waals surface area contributed by atoms with E-state index in [0.717, 1.165) is 4.88 Å². The monoisotopic (exact) mass is 270 g/mol. The molecule has 0 aromatic carbocycles. The Morgan fingerprint density at radius 2 is 1.83 bits per heavy atom. The number of rotatable bonds is 4. The highest BCUT2D eigenvalue weighted by atomic mass is 32.1. The molecule has 18 heavy (non-hydrogen) atoms. The number of carbonyl (C=O) groups is 1. The summed E-state index contributed by atoms with van der Waals surface area (Å²) < 4.78 is 0. The van der Waals surface area contributed by atoms with Crippen LogP contribution in [0.15, 0.2) is 12.1 Å². The van der Waals surface area contributed by atoms with Crippen LogP contribution in [0.5, 0.6) is 0 Å². The molecule has 102 valence electrons. The summed E-state index contributed by atoms with van der Waals surface area (Å²) in [7, 11) is 0. The largest absolute Gasteiger partial charge is 0.481 e. The maximum Gasteiger partial charge on any atom is 0.309 e. The molecule has 0 amide bonds. The van der Waals surface area contributed by atoms with Gasteiger partial charge in [-0.05, 0) is 37.8 Å². The Bertz CT molecular complexity index is 426. The van der Waals surface area contributed by atoms with Gasteiger partial charge in [0.1, 0.15) is 0 Å². The zero-order valence-electron chi connectivity index (χ0n) is 11.7. The van der Waals surface area contributed by atoms with Gasteiger partial charge in [-0.2, -0.15) is 0 Å². The van der Waals surface area contributed by atoms with E-state index in [4.69, 9.17) is 5.11 Å². The molecule has 0 aliphatic carbocycles. The third-order valence-electron chi connectivity index (χ3n) is 2.98. The topological polar surface area (TPSA) is 57.5 Å². The van der Waals surface area contributed by atoms with E-state index in [1.54, 1.807) is 25.2 Å². The van der Waals surface area contributed by atoms with Gasteiger partial charge in [0, 0.05) is 9.75 Å². The summed E-state index contributed by atoms with van der Waals surface area (Å²) in [5, 5.41) is 19.2. The smallest absolute Gasteiger partial charge is 0.309 e. The van der Waals surface area contributed by atoms with Crippen molar-refractivity contribution >= 4 is 17.3 Å². The lowest BCUT2D eigenvalue weighted by Gasteiger charge is -2.22. The average molecular weight is 270 g/mol. The maximum atomic E-state index is 11.0. The Hall–Kier alpha value is -0.870. The van der Waals surface area contributed by atoms with E-state index >= 15 is 0 Å². The zero-order valence-corrected chi connectivity index (χ0v) is 12.5. The first-order valence-corrected chi connectivity index (χ1v) is 6.87. The van der Waals surface area contributed by atoms with Crippen molar-refractivity contribution in [1.29, 1.82) is 0 Å². The maximum absolute atomic E-state index is 11.0. The van der Waals surface area contributed by atoms with Gasteiger partial charge in [0.2, 0.25) is 0 Å². The van der Waals surface area contributed by atoms with E-state index in [9.17, 15) is 9.90 Å². The predicted octanol–water partition coefficient (Wildman–Crippen LogP) is 3.58. The van der Waals surface area contributed by atoms with E-state index in [2.05, 4.69) is 20.8 Å². The summed E-state index contributed by atoms with van der Waals surface area (Å²) in [6.07, 6.45) is -0.482. The molecule has 1 heterocycles. The quantitative estimate of drug-likeness (QED) is 0.879. The van der Waals surface area contributed by atoms with E-state index < -0.39 is 17.5 Å². The van der Waals surface area contributed by atoms with Gasteiger partial charge in [0.15, 0.2) is 0 Å². The van der Waals surface area contributed by atoms with Crippen molar-refractivity contribution in [3.63, 3.8) is 0 Å². The van der Waals surface area contributed by atoms with E-state index in [-0.39, 0.29) is 11.8 Å². The van der Waals surface area contributed by atoms with Crippen molar-refractivity contribution in [2.75, 3.05) is 0 Å². The van der Waals surface area contributed by atoms with Crippen LogP contribution in [0, 0.1) is 5.41 Å². The third-order valence-corrected chi connectivity index (χ3v) is 4.59. The summed E-state index contributed by atoms with van der Waals surface area (Å²) >= 11 is 1.56. The van der Waals surface area contributed by atoms with E-state index in [1.807, 2.05) is 12.1 Å². The van der Waals surface area contributed by atoms with Crippen molar-refractivity contribution in [1.82, 2.24) is 0 Å². The molecule has 0 spiro atoms. The zero-order chi connectivity index (χ0) is 14.1. The summed E-state index contributed by atoms with van der Waals surface area (Å²) in [4.78, 5) is 13.1. The number of thiophene rings is 1. The molecule has 1 aromatic rings. The number of hydrogen-bond donors (Lipinski definition) is 2. The minimum atomic E-state index is -0.911. The van der Waals surface area contributed by atoms with Crippen molar-refractivity contribution in [2.45, 2.75) is 52.6 Å². The lowest BCUT2D eigenvalue weighted by molar-refractivity contribution is -0.148. The molecule has 1 unspecified atom stereocenters. The number of aliphatic carboxylic acids is 1. The van der Waals surface area contributed by atoms with Crippen molar-refractivity contribution < 1.29 is 15.0 Å². The lowest BCUT2D eigenvalue weighted by atomic mass is 9.86. The van der Waals surface area contributed by atoms with Crippen LogP contribution in [-0.4, -0.2) is 16.2 Å². The molecule has 2 N–H and O–H groups in total. The average Bonchev–Trinajstić information content (AvgIpc) is 2.64. The summed E-state index contributed by atoms with van der Waals surface area (Å²) in [6.45, 7) is 9.64. The molecule has 0 fully saturated rings. The SMILES string of the molecule is CC(C)(CC(O)c1ccc(C(C)(C)C)s1)C(=O)O. The number of aliphatic hydroxyl groups is 1. The Balaban J connectivity index is 2.83. The molecule has 0 radical (unpaired) electrons. The van der Waals surface area contributed by atoms with Crippen LogP contribution in [0.25, 0.3) is 0 Å². The normalized spacial score (nSPS) is 14.6. The highest BCUT2D eigenvalue weighted by Gasteiger charge is 2.31. The first-order chi connectivity index (χ1) is 8.04. The fourth-order valence-corrected chi connectivity index (χ4v) is 2.66. The Labute approximate surface area is 112 Å². The minimum absolute atomic E-state index is 0.0605. The molecular formula is C14H22O3S. The first-order valence-electron chi connectivity index (χ1n) is 6.06. The highest BCUT2D eigenvalue weighted by molar-refractivity contribution is 7.12. The van der Waals surface area contributed by atoms with Gasteiger partial charge in [-0.1, -0.05) is 20.8 Å². The number of hydrogen-bond acceptors (Lipinski definition) is 3. The molecule has 4 heteroatoms. The van der Waals surface area contributed by atoms with Crippen molar-refractivity contribution in [2.24, 2.45) is 5.41 Å². The summed E-state index contributed by atoms with van der Waals surface area (Å²) in [6, 6.07) is 3.91. The number of carboxylic acid groups (broad SMARTS) is 1. The Kier molecular flexibility index (Phi) is 4.23. The molecule has 1 rings (SSSR count). The Morgan fingerprint density at radius 1 is 1.28 bits per heavy atom. The molecule has 0 saturated heterocycles. The Morgan fingerprint density at radius 3 is 2.22 bits per heavy atom. The number of aliphatic hydroxyl groups excluding tert-OH is 1. The van der Waals surface area contributed by atoms with Gasteiger partial charge < -0.3 is 10.2 Å². The van der Waals surface area contributed by atoms with Crippen molar-refractivity contribution in [3.8, 4) is 0 Å². The second-order valence-electron chi connectivity index (χ2n) is 6.36. The molecule has 1 aromatic heterocycles. The number of carboxylic acids is 1. The summed E-state index contributed by atoms with van der Waals surface area (Å²) in [5.41, 5.74) is -0.851. The van der Waals surface area contributed by atoms with Gasteiger partial charge in [-0.3, -0.25) is 4.79 Å². The fraction of sp³-hybridized carbons (Fsp3) is 0.643. The lowest BCUT2D eigenvalue weighted by Crippen LogP contribution is -2.25. The van der Waals surface area contributed by atoms with Gasteiger partial charge in [-0.15, -0.1) is 11.3 Å². The molecule has 1 atom stereocenters. The first kappa shape index (κ1) is 15.2. The van der Waals surface area contributed by atoms with Gasteiger partial charge in [-0.25, -0.2) is 0 Å². The molecular weight excluding hydrogens is 248 g/mol. The van der Waals surface area contributed by atoms with Crippen molar-refractivity contribution in [3.05, 3.63) is 21.9 Å². The molecule has 0 bridgehead atoms. The highest BCUT2D eigenvalue weighted by Crippen LogP contribution is 2.36. The van der Waals surface area contributed by atoms with E-state index in [1.165, 1.54) is 4.88 Å². The molecule has 3 nitrogen and oxygen atoms in total. The predicted molar refractivity (Wildman–Crippen MR) is 74.0 cm³/mol. The van der Waals surface area contributed by atoms with Crippen LogP contribution in [0.2, 0.25) is 0 Å². The minimum Gasteiger partial charge on any atom is -0.481 e. The van der Waals surface area contributed by atoms with Crippen LogP contribution >= 0.6 is 11.3 Å². The van der Waals surface area contributed by atoms with Gasteiger partial charge >= 0.3 is 5.97 Å². The standard InChI is InChI=1S/C14H22O3S/c1-13(2,3)11-7-6-10(18-11)9(15)8-14(4,5)12(16)17/h6-7,9,15H,8H2,1-5H3,(H,16,17). The van der Waals surface area contributed by atoms with Crippen LogP contribution in [0.4, 0.5) is 0 Å². The molecule has 0 aliphatic heterocycles. The van der Waals surface area contributed by atoms with Crippen LogP contribution < -0.4 is 0 Å². The second-order valence-corrected chi connectivity index (χ2v) is 7.48.